The molecule has 2 bridgehead atoms. The maximum atomic E-state index is 13.0. The molecule has 3 saturated heterocycles. The van der Waals surface area contributed by atoms with Gasteiger partial charge in [-0.3, -0.25) is 4.90 Å². The molecule has 0 N–H and O–H groups in total. The first-order chi connectivity index (χ1) is 8.81. The van der Waals surface area contributed by atoms with Crippen molar-refractivity contribution in [3.63, 3.8) is 0 Å². The van der Waals surface area contributed by atoms with Gasteiger partial charge in [-0.15, -0.1) is 0 Å². The molecule has 1 atom stereocenters. The maximum Gasteiger partial charge on any atom is 0.143 e. The quantitative estimate of drug-likeness (QED) is 0.605. The standard InChI is InChI=1S/C14H17FN2O/c15-13-3-1-2-11(8-13)9-16-18-14-10-17-6-4-12(14)5-7-17/h1-3,8-9,12,14H,4-7,10H2/b16-9+. The maximum absolute atomic E-state index is 13.0. The second-order valence-corrected chi connectivity index (χ2v) is 5.07. The van der Waals surface area contributed by atoms with Crippen LogP contribution in [0.15, 0.2) is 29.4 Å². The number of halogens is 1. The number of rotatable bonds is 3. The third-order valence-corrected chi connectivity index (χ3v) is 3.84. The van der Waals surface area contributed by atoms with Gasteiger partial charge in [0.15, 0.2) is 0 Å². The van der Waals surface area contributed by atoms with Gasteiger partial charge in [-0.25, -0.2) is 4.39 Å². The normalized spacial score (nSPS) is 30.8. The lowest BCUT2D eigenvalue weighted by Gasteiger charge is -2.42. The lowest BCUT2D eigenvalue weighted by molar-refractivity contribution is -0.0675. The lowest BCUT2D eigenvalue weighted by Crippen LogP contribution is -2.50. The van der Waals surface area contributed by atoms with E-state index in [-0.39, 0.29) is 11.9 Å². The Morgan fingerprint density at radius 1 is 1.33 bits per heavy atom. The molecule has 18 heavy (non-hydrogen) atoms. The summed E-state index contributed by atoms with van der Waals surface area (Å²) >= 11 is 0. The van der Waals surface area contributed by atoms with Crippen LogP contribution in [0.2, 0.25) is 0 Å². The number of oxime groups is 1. The first-order valence-corrected chi connectivity index (χ1v) is 6.48. The van der Waals surface area contributed by atoms with Gasteiger partial charge in [-0.2, -0.15) is 0 Å². The van der Waals surface area contributed by atoms with Gasteiger partial charge >= 0.3 is 0 Å². The van der Waals surface area contributed by atoms with Crippen LogP contribution >= 0.6 is 0 Å². The average Bonchev–Trinajstić information content (AvgIpc) is 2.40. The van der Waals surface area contributed by atoms with Crippen molar-refractivity contribution in [2.45, 2.75) is 18.9 Å². The van der Waals surface area contributed by atoms with Gasteiger partial charge in [0.25, 0.3) is 0 Å². The average molecular weight is 248 g/mol. The summed E-state index contributed by atoms with van der Waals surface area (Å²) in [7, 11) is 0. The molecule has 4 rings (SSSR count). The first-order valence-electron chi connectivity index (χ1n) is 6.48. The molecule has 1 unspecified atom stereocenters. The molecule has 0 spiro atoms. The van der Waals surface area contributed by atoms with Gasteiger partial charge in [0, 0.05) is 12.5 Å². The van der Waals surface area contributed by atoms with E-state index < -0.39 is 0 Å². The zero-order valence-corrected chi connectivity index (χ0v) is 10.3. The zero-order valence-electron chi connectivity index (χ0n) is 10.3. The third-order valence-electron chi connectivity index (χ3n) is 3.84. The van der Waals surface area contributed by atoms with Gasteiger partial charge in [0.2, 0.25) is 0 Å². The van der Waals surface area contributed by atoms with Crippen molar-refractivity contribution >= 4 is 6.21 Å². The van der Waals surface area contributed by atoms with Crippen molar-refractivity contribution in [2.24, 2.45) is 11.1 Å². The van der Waals surface area contributed by atoms with Crippen molar-refractivity contribution in [3.8, 4) is 0 Å². The fraction of sp³-hybridized carbons (Fsp3) is 0.500. The van der Waals surface area contributed by atoms with Crippen molar-refractivity contribution in [2.75, 3.05) is 19.6 Å². The molecule has 96 valence electrons. The molecular weight excluding hydrogens is 231 g/mol. The van der Waals surface area contributed by atoms with Crippen LogP contribution in [-0.4, -0.2) is 36.9 Å². The number of hydrogen-bond acceptors (Lipinski definition) is 3. The van der Waals surface area contributed by atoms with E-state index >= 15 is 0 Å². The van der Waals surface area contributed by atoms with E-state index in [2.05, 4.69) is 10.1 Å². The van der Waals surface area contributed by atoms with Crippen molar-refractivity contribution in [1.82, 2.24) is 4.90 Å². The molecule has 3 heterocycles. The fourth-order valence-corrected chi connectivity index (χ4v) is 2.79. The van der Waals surface area contributed by atoms with Crippen molar-refractivity contribution < 1.29 is 9.23 Å². The highest BCUT2D eigenvalue weighted by Gasteiger charge is 2.35. The number of nitrogens with zero attached hydrogens (tertiary/aromatic N) is 2. The molecule has 0 aliphatic carbocycles. The minimum Gasteiger partial charge on any atom is -0.391 e. The van der Waals surface area contributed by atoms with Gasteiger partial charge in [-0.1, -0.05) is 17.3 Å². The first kappa shape index (κ1) is 11.7. The summed E-state index contributed by atoms with van der Waals surface area (Å²) in [4.78, 5) is 7.99. The molecule has 3 nitrogen and oxygen atoms in total. The van der Waals surface area contributed by atoms with Gasteiger partial charge in [0.05, 0.1) is 6.21 Å². The Balaban J connectivity index is 1.58. The van der Waals surface area contributed by atoms with E-state index in [0.717, 1.165) is 12.1 Å². The van der Waals surface area contributed by atoms with Crippen molar-refractivity contribution in [1.29, 1.82) is 0 Å². The molecule has 0 aromatic heterocycles. The Kier molecular flexibility index (Phi) is 3.28. The molecule has 3 fully saturated rings. The minimum absolute atomic E-state index is 0.206. The van der Waals surface area contributed by atoms with E-state index in [4.69, 9.17) is 4.84 Å². The van der Waals surface area contributed by atoms with Crippen LogP contribution in [0.25, 0.3) is 0 Å². The lowest BCUT2D eigenvalue weighted by atomic mass is 9.86. The summed E-state index contributed by atoms with van der Waals surface area (Å²) in [6.07, 6.45) is 4.21. The van der Waals surface area contributed by atoms with E-state index in [9.17, 15) is 4.39 Å². The monoisotopic (exact) mass is 248 g/mol. The van der Waals surface area contributed by atoms with Gasteiger partial charge in [0.1, 0.15) is 11.9 Å². The van der Waals surface area contributed by atoms with E-state index in [0.29, 0.717) is 5.92 Å². The number of piperidine rings is 3. The number of benzene rings is 1. The Morgan fingerprint density at radius 2 is 2.17 bits per heavy atom. The van der Waals surface area contributed by atoms with Gasteiger partial charge < -0.3 is 4.84 Å². The van der Waals surface area contributed by atoms with Gasteiger partial charge in [-0.05, 0) is 43.6 Å². The van der Waals surface area contributed by atoms with Crippen LogP contribution in [0.1, 0.15) is 18.4 Å². The summed E-state index contributed by atoms with van der Waals surface area (Å²) < 4.78 is 13.0. The molecule has 4 heteroatoms. The fourth-order valence-electron chi connectivity index (χ4n) is 2.79. The smallest absolute Gasteiger partial charge is 0.143 e. The minimum atomic E-state index is -0.248. The summed E-state index contributed by atoms with van der Waals surface area (Å²) in [6, 6.07) is 6.35. The van der Waals surface area contributed by atoms with Crippen LogP contribution in [0.4, 0.5) is 4.39 Å². The topological polar surface area (TPSA) is 24.8 Å². The SMILES string of the molecule is Fc1cccc(/C=N/OC2CN3CCC2CC3)c1. The van der Waals surface area contributed by atoms with E-state index in [1.165, 1.54) is 38.1 Å². The molecule has 1 aromatic carbocycles. The summed E-state index contributed by atoms with van der Waals surface area (Å²) in [6.45, 7) is 3.36. The molecule has 3 aliphatic rings. The molecule has 0 amide bonds. The predicted octanol–water partition coefficient (Wildman–Crippen LogP) is 2.27. The van der Waals surface area contributed by atoms with Crippen LogP contribution in [0.5, 0.6) is 0 Å². The van der Waals surface area contributed by atoms with Crippen LogP contribution in [0, 0.1) is 11.7 Å². The highest BCUT2D eigenvalue weighted by Crippen LogP contribution is 2.29. The Labute approximate surface area is 106 Å². The molecule has 3 aliphatic heterocycles. The summed E-state index contributed by atoms with van der Waals surface area (Å²) in [5.74, 6) is 0.390. The number of fused-ring (bicyclic) bond motifs is 3. The molecule has 0 radical (unpaired) electrons. The summed E-state index contributed by atoms with van der Waals surface area (Å²) in [5.41, 5.74) is 0.733. The van der Waals surface area contributed by atoms with E-state index in [1.807, 2.05) is 6.07 Å². The molecule has 1 aromatic rings. The highest BCUT2D eigenvalue weighted by molar-refractivity contribution is 5.78. The third kappa shape index (κ3) is 2.53. The van der Waals surface area contributed by atoms with Crippen LogP contribution in [-0.2, 0) is 4.84 Å². The summed E-state index contributed by atoms with van der Waals surface area (Å²) in [5, 5.41) is 4.01. The largest absolute Gasteiger partial charge is 0.391 e. The molecular formula is C14H17FN2O. The van der Waals surface area contributed by atoms with Crippen LogP contribution in [0.3, 0.4) is 0 Å². The Bertz CT molecular complexity index is 441. The Morgan fingerprint density at radius 3 is 2.83 bits per heavy atom. The van der Waals surface area contributed by atoms with Crippen molar-refractivity contribution in [3.05, 3.63) is 35.6 Å². The zero-order chi connectivity index (χ0) is 12.4. The number of hydrogen-bond donors (Lipinski definition) is 0. The highest BCUT2D eigenvalue weighted by atomic mass is 19.1. The van der Waals surface area contributed by atoms with Crippen LogP contribution < -0.4 is 0 Å². The van der Waals surface area contributed by atoms with E-state index in [1.54, 1.807) is 12.3 Å². The predicted molar refractivity (Wildman–Crippen MR) is 68.0 cm³/mol. The second-order valence-electron chi connectivity index (χ2n) is 5.07. The Hall–Kier alpha value is -1.42. The second kappa shape index (κ2) is 5.06. The molecule has 0 saturated carbocycles.